The Balaban J connectivity index is 2.26. The predicted octanol–water partition coefficient (Wildman–Crippen LogP) is 2.68. The van der Waals surface area contributed by atoms with Gasteiger partial charge in [-0.15, -0.1) is 0 Å². The molecular weight excluding hydrogens is 256 g/mol. The van der Waals surface area contributed by atoms with Gasteiger partial charge in [-0.25, -0.2) is 4.79 Å². The molecule has 2 rings (SSSR count). The summed E-state index contributed by atoms with van der Waals surface area (Å²) in [7, 11) is 1.78. The topological polar surface area (TPSA) is 78.4 Å². The van der Waals surface area contributed by atoms with Crippen molar-refractivity contribution >= 4 is 23.3 Å². The summed E-state index contributed by atoms with van der Waals surface area (Å²) in [6.45, 7) is 0. The Bertz CT molecular complexity index is 653. The molecule has 0 aliphatic carbocycles. The number of amides is 1. The van der Waals surface area contributed by atoms with Crippen LogP contribution in [0.5, 0.6) is 0 Å². The van der Waals surface area contributed by atoms with Gasteiger partial charge < -0.3 is 15.7 Å². The number of hydrogen-bond acceptors (Lipinski definition) is 3. The molecule has 0 spiro atoms. The third-order valence-corrected chi connectivity index (χ3v) is 2.81. The van der Waals surface area contributed by atoms with Crippen LogP contribution in [0.2, 0.25) is 0 Å². The van der Waals surface area contributed by atoms with Gasteiger partial charge in [0, 0.05) is 18.4 Å². The van der Waals surface area contributed by atoms with Gasteiger partial charge in [0.25, 0.3) is 5.91 Å². The fourth-order valence-electron chi connectivity index (χ4n) is 1.82. The molecule has 5 nitrogen and oxygen atoms in total. The van der Waals surface area contributed by atoms with Gasteiger partial charge >= 0.3 is 5.97 Å². The molecule has 0 aromatic heterocycles. The summed E-state index contributed by atoms with van der Waals surface area (Å²) in [6.07, 6.45) is 0. The maximum absolute atomic E-state index is 12.1. The number of aromatic carboxylic acids is 1. The molecule has 0 aliphatic rings. The second-order valence-electron chi connectivity index (χ2n) is 4.14. The molecule has 0 aliphatic heterocycles. The van der Waals surface area contributed by atoms with E-state index < -0.39 is 11.9 Å². The van der Waals surface area contributed by atoms with Crippen LogP contribution in [-0.2, 0) is 0 Å². The van der Waals surface area contributed by atoms with Gasteiger partial charge in [0.1, 0.15) is 0 Å². The maximum atomic E-state index is 12.1. The Labute approximate surface area is 116 Å². The van der Waals surface area contributed by atoms with Crippen LogP contribution in [0.25, 0.3) is 0 Å². The van der Waals surface area contributed by atoms with Crippen molar-refractivity contribution in [1.82, 2.24) is 0 Å². The molecule has 20 heavy (non-hydrogen) atoms. The van der Waals surface area contributed by atoms with E-state index in [2.05, 4.69) is 10.6 Å². The van der Waals surface area contributed by atoms with Crippen molar-refractivity contribution in [3.63, 3.8) is 0 Å². The number of carboxylic acids is 1. The Morgan fingerprint density at radius 1 is 0.950 bits per heavy atom. The van der Waals surface area contributed by atoms with Crippen LogP contribution in [0.15, 0.2) is 48.5 Å². The maximum Gasteiger partial charge on any atom is 0.336 e. The molecular formula is C15H14N2O3. The Hall–Kier alpha value is -2.82. The molecule has 5 heteroatoms. The van der Waals surface area contributed by atoms with Crippen LogP contribution in [-0.4, -0.2) is 24.0 Å². The van der Waals surface area contributed by atoms with Crippen LogP contribution in [0.1, 0.15) is 20.7 Å². The SMILES string of the molecule is CNc1cccc(NC(=O)c2ccccc2C(=O)O)c1. The average molecular weight is 270 g/mol. The van der Waals surface area contributed by atoms with E-state index in [1.807, 2.05) is 6.07 Å². The lowest BCUT2D eigenvalue weighted by Crippen LogP contribution is -2.16. The zero-order valence-corrected chi connectivity index (χ0v) is 10.9. The number of rotatable bonds is 4. The minimum Gasteiger partial charge on any atom is -0.478 e. The number of carbonyl (C=O) groups excluding carboxylic acids is 1. The molecule has 0 saturated heterocycles. The Kier molecular flexibility index (Phi) is 4.00. The van der Waals surface area contributed by atoms with E-state index in [0.29, 0.717) is 5.69 Å². The first kappa shape index (κ1) is 13.6. The molecule has 0 unspecified atom stereocenters. The molecule has 0 heterocycles. The number of hydrogen-bond donors (Lipinski definition) is 3. The van der Waals surface area contributed by atoms with E-state index in [0.717, 1.165) is 5.69 Å². The summed E-state index contributed by atoms with van der Waals surface area (Å²) in [5.74, 6) is -1.57. The van der Waals surface area contributed by atoms with E-state index in [1.165, 1.54) is 12.1 Å². The molecule has 0 saturated carbocycles. The highest BCUT2D eigenvalue weighted by atomic mass is 16.4. The smallest absolute Gasteiger partial charge is 0.336 e. The van der Waals surface area contributed by atoms with Gasteiger partial charge in [0.05, 0.1) is 11.1 Å². The van der Waals surface area contributed by atoms with Crippen LogP contribution < -0.4 is 10.6 Å². The molecule has 2 aromatic rings. The first-order valence-corrected chi connectivity index (χ1v) is 6.03. The second-order valence-corrected chi connectivity index (χ2v) is 4.14. The number of carboxylic acid groups (broad SMARTS) is 1. The lowest BCUT2D eigenvalue weighted by molar-refractivity contribution is 0.0692. The molecule has 1 amide bonds. The van der Waals surface area contributed by atoms with Crippen LogP contribution >= 0.6 is 0 Å². The summed E-state index contributed by atoms with van der Waals surface area (Å²) in [5, 5.41) is 14.7. The zero-order valence-electron chi connectivity index (χ0n) is 10.9. The van der Waals surface area contributed by atoms with E-state index in [4.69, 9.17) is 5.11 Å². The normalized spacial score (nSPS) is 9.85. The van der Waals surface area contributed by atoms with Crippen molar-refractivity contribution < 1.29 is 14.7 Å². The quantitative estimate of drug-likeness (QED) is 0.798. The van der Waals surface area contributed by atoms with Gasteiger partial charge in [0.15, 0.2) is 0 Å². The third kappa shape index (κ3) is 2.95. The second kappa shape index (κ2) is 5.88. The van der Waals surface area contributed by atoms with Crippen LogP contribution in [0, 0.1) is 0 Å². The van der Waals surface area contributed by atoms with Gasteiger partial charge in [-0.3, -0.25) is 4.79 Å². The highest BCUT2D eigenvalue weighted by Gasteiger charge is 2.15. The summed E-state index contributed by atoms with van der Waals surface area (Å²) in [4.78, 5) is 23.2. The minimum atomic E-state index is -1.13. The molecule has 0 atom stereocenters. The molecule has 3 N–H and O–H groups in total. The monoisotopic (exact) mass is 270 g/mol. The summed E-state index contributed by atoms with van der Waals surface area (Å²) >= 11 is 0. The highest BCUT2D eigenvalue weighted by molar-refractivity contribution is 6.10. The summed E-state index contributed by atoms with van der Waals surface area (Å²) in [6, 6.07) is 13.3. The van der Waals surface area contributed by atoms with E-state index in [-0.39, 0.29) is 11.1 Å². The van der Waals surface area contributed by atoms with E-state index >= 15 is 0 Å². The van der Waals surface area contributed by atoms with Crippen molar-refractivity contribution in [1.29, 1.82) is 0 Å². The zero-order chi connectivity index (χ0) is 14.5. The van der Waals surface area contributed by atoms with Gasteiger partial charge in [-0.2, -0.15) is 0 Å². The standard InChI is InChI=1S/C15H14N2O3/c1-16-10-5-4-6-11(9-10)17-14(18)12-7-2-3-8-13(12)15(19)20/h2-9,16H,1H3,(H,17,18)(H,19,20). The van der Waals surface area contributed by atoms with Gasteiger partial charge in [0.2, 0.25) is 0 Å². The number of nitrogens with one attached hydrogen (secondary N) is 2. The lowest BCUT2D eigenvalue weighted by atomic mass is 10.1. The fourth-order valence-corrected chi connectivity index (χ4v) is 1.82. The third-order valence-electron chi connectivity index (χ3n) is 2.81. The molecule has 0 radical (unpaired) electrons. The van der Waals surface area contributed by atoms with Crippen LogP contribution in [0.3, 0.4) is 0 Å². The van der Waals surface area contributed by atoms with E-state index in [1.54, 1.807) is 37.4 Å². The van der Waals surface area contributed by atoms with Gasteiger partial charge in [-0.05, 0) is 30.3 Å². The van der Waals surface area contributed by atoms with Crippen molar-refractivity contribution in [2.75, 3.05) is 17.7 Å². The minimum absolute atomic E-state index is 0.0187. The van der Waals surface area contributed by atoms with Crippen molar-refractivity contribution in [2.24, 2.45) is 0 Å². The Morgan fingerprint density at radius 2 is 1.60 bits per heavy atom. The molecule has 2 aromatic carbocycles. The average Bonchev–Trinajstić information content (AvgIpc) is 2.47. The highest BCUT2D eigenvalue weighted by Crippen LogP contribution is 2.17. The fraction of sp³-hybridized carbons (Fsp3) is 0.0667. The first-order chi connectivity index (χ1) is 9.61. The molecule has 0 bridgehead atoms. The number of benzene rings is 2. The number of anilines is 2. The first-order valence-electron chi connectivity index (χ1n) is 6.03. The van der Waals surface area contributed by atoms with Crippen LogP contribution in [0.4, 0.5) is 11.4 Å². The molecule has 0 fully saturated rings. The van der Waals surface area contributed by atoms with Crippen molar-refractivity contribution in [3.8, 4) is 0 Å². The Morgan fingerprint density at radius 3 is 2.25 bits per heavy atom. The largest absolute Gasteiger partial charge is 0.478 e. The van der Waals surface area contributed by atoms with E-state index in [9.17, 15) is 9.59 Å². The number of carbonyl (C=O) groups is 2. The predicted molar refractivity (Wildman–Crippen MR) is 77.3 cm³/mol. The van der Waals surface area contributed by atoms with Gasteiger partial charge in [-0.1, -0.05) is 18.2 Å². The van der Waals surface area contributed by atoms with Crippen molar-refractivity contribution in [2.45, 2.75) is 0 Å². The summed E-state index contributed by atoms with van der Waals surface area (Å²) in [5.41, 5.74) is 1.57. The molecule has 102 valence electrons. The lowest BCUT2D eigenvalue weighted by Gasteiger charge is -2.09. The summed E-state index contributed by atoms with van der Waals surface area (Å²) < 4.78 is 0. The van der Waals surface area contributed by atoms with Crippen molar-refractivity contribution in [3.05, 3.63) is 59.7 Å².